The molecule has 0 saturated heterocycles. The summed E-state index contributed by atoms with van der Waals surface area (Å²) >= 11 is 0. The van der Waals surface area contributed by atoms with Gasteiger partial charge in [-0.25, -0.2) is 0 Å². The van der Waals surface area contributed by atoms with E-state index in [2.05, 4.69) is 11.5 Å². The fraction of sp³-hybridized carbons (Fsp3) is 0.385. The quantitative estimate of drug-likeness (QED) is 0.706. The Balaban J connectivity index is 2.44. The standard InChI is InChI=1S/C13H13N3/c1-9-5-12(6-11(7-14)8-15)10(2)16(9)13-3-4-13/h5-6,13H,3-4H2,1-2H3. The van der Waals surface area contributed by atoms with Crippen molar-refractivity contribution in [2.24, 2.45) is 0 Å². The average Bonchev–Trinajstić information content (AvgIpc) is 3.04. The zero-order chi connectivity index (χ0) is 11.7. The smallest absolute Gasteiger partial charge is 0.130 e. The van der Waals surface area contributed by atoms with Crippen LogP contribution in [0.3, 0.4) is 0 Å². The number of hydrogen-bond donors (Lipinski definition) is 0. The second kappa shape index (κ2) is 3.87. The van der Waals surface area contributed by atoms with Crippen LogP contribution in [0, 0.1) is 36.5 Å². The largest absolute Gasteiger partial charge is 0.346 e. The molecule has 0 bridgehead atoms. The van der Waals surface area contributed by atoms with Gasteiger partial charge < -0.3 is 4.57 Å². The van der Waals surface area contributed by atoms with Crippen LogP contribution in [0.4, 0.5) is 0 Å². The maximum absolute atomic E-state index is 8.73. The molecule has 3 nitrogen and oxygen atoms in total. The molecule has 2 rings (SSSR count). The molecule has 1 saturated carbocycles. The summed E-state index contributed by atoms with van der Waals surface area (Å²) in [6.45, 7) is 4.12. The first-order chi connectivity index (χ1) is 7.67. The summed E-state index contributed by atoms with van der Waals surface area (Å²) in [5, 5.41) is 17.5. The summed E-state index contributed by atoms with van der Waals surface area (Å²) in [4.78, 5) is 0. The lowest BCUT2D eigenvalue weighted by atomic mass is 10.2. The van der Waals surface area contributed by atoms with Crippen LogP contribution in [0.2, 0.25) is 0 Å². The van der Waals surface area contributed by atoms with E-state index in [1.165, 1.54) is 18.5 Å². The normalized spacial score (nSPS) is 14.0. The van der Waals surface area contributed by atoms with Gasteiger partial charge >= 0.3 is 0 Å². The predicted molar refractivity (Wildman–Crippen MR) is 61.4 cm³/mol. The van der Waals surface area contributed by atoms with E-state index in [9.17, 15) is 0 Å². The predicted octanol–water partition coefficient (Wildman–Crippen LogP) is 2.87. The summed E-state index contributed by atoms with van der Waals surface area (Å²) in [7, 11) is 0. The molecule has 1 aliphatic carbocycles. The molecule has 1 aliphatic rings. The Morgan fingerprint density at radius 1 is 1.38 bits per heavy atom. The van der Waals surface area contributed by atoms with Crippen LogP contribution in [0.5, 0.6) is 0 Å². The minimum atomic E-state index is 0.163. The number of nitriles is 2. The molecule has 0 N–H and O–H groups in total. The lowest BCUT2D eigenvalue weighted by molar-refractivity contribution is 0.699. The minimum absolute atomic E-state index is 0.163. The highest BCUT2D eigenvalue weighted by Gasteiger charge is 2.26. The van der Waals surface area contributed by atoms with E-state index in [1.54, 1.807) is 6.08 Å². The summed E-state index contributed by atoms with van der Waals surface area (Å²) < 4.78 is 2.30. The van der Waals surface area contributed by atoms with Crippen LogP contribution in [0.15, 0.2) is 11.6 Å². The molecule has 0 aliphatic heterocycles. The maximum atomic E-state index is 8.73. The van der Waals surface area contributed by atoms with Gasteiger partial charge in [-0.05, 0) is 44.4 Å². The molecule has 0 spiro atoms. The highest BCUT2D eigenvalue weighted by molar-refractivity contribution is 5.64. The van der Waals surface area contributed by atoms with Crippen molar-refractivity contribution in [3.63, 3.8) is 0 Å². The molecule has 0 unspecified atom stereocenters. The van der Waals surface area contributed by atoms with Crippen molar-refractivity contribution >= 4 is 6.08 Å². The molecule has 1 aromatic heterocycles. The van der Waals surface area contributed by atoms with Crippen LogP contribution < -0.4 is 0 Å². The van der Waals surface area contributed by atoms with Crippen molar-refractivity contribution in [3.05, 3.63) is 28.6 Å². The van der Waals surface area contributed by atoms with Crippen molar-refractivity contribution in [2.75, 3.05) is 0 Å². The molecule has 1 heterocycles. The van der Waals surface area contributed by atoms with Gasteiger partial charge in [-0.2, -0.15) is 10.5 Å². The molecular formula is C13H13N3. The molecular weight excluding hydrogens is 198 g/mol. The molecule has 3 heteroatoms. The second-order valence-corrected chi connectivity index (χ2v) is 4.21. The highest BCUT2D eigenvalue weighted by atomic mass is 15.1. The van der Waals surface area contributed by atoms with E-state index < -0.39 is 0 Å². The SMILES string of the molecule is Cc1cc(C=C(C#N)C#N)c(C)n1C1CC1. The third kappa shape index (κ3) is 1.73. The lowest BCUT2D eigenvalue weighted by Gasteiger charge is -2.06. The van der Waals surface area contributed by atoms with E-state index in [0.717, 1.165) is 11.3 Å². The van der Waals surface area contributed by atoms with Gasteiger partial charge in [0.1, 0.15) is 17.7 Å². The highest BCUT2D eigenvalue weighted by Crippen LogP contribution is 2.38. The van der Waals surface area contributed by atoms with Crippen molar-refractivity contribution in [1.29, 1.82) is 10.5 Å². The molecule has 16 heavy (non-hydrogen) atoms. The first kappa shape index (κ1) is 10.5. The van der Waals surface area contributed by atoms with Crippen LogP contribution >= 0.6 is 0 Å². The third-order valence-electron chi connectivity index (χ3n) is 2.98. The Morgan fingerprint density at radius 3 is 2.50 bits per heavy atom. The van der Waals surface area contributed by atoms with Crippen LogP contribution in [-0.2, 0) is 0 Å². The first-order valence-corrected chi connectivity index (χ1v) is 5.37. The Labute approximate surface area is 95.2 Å². The average molecular weight is 211 g/mol. The molecule has 0 aromatic carbocycles. The van der Waals surface area contributed by atoms with E-state index >= 15 is 0 Å². The van der Waals surface area contributed by atoms with Gasteiger partial charge in [0.15, 0.2) is 0 Å². The third-order valence-corrected chi connectivity index (χ3v) is 2.98. The van der Waals surface area contributed by atoms with Crippen LogP contribution in [0.1, 0.15) is 35.8 Å². The molecule has 80 valence electrons. The zero-order valence-electron chi connectivity index (χ0n) is 9.49. The topological polar surface area (TPSA) is 52.5 Å². The van der Waals surface area contributed by atoms with E-state index in [-0.39, 0.29) is 5.57 Å². The lowest BCUT2D eigenvalue weighted by Crippen LogP contribution is -1.98. The van der Waals surface area contributed by atoms with E-state index in [0.29, 0.717) is 6.04 Å². The second-order valence-electron chi connectivity index (χ2n) is 4.21. The molecule has 1 fully saturated rings. The van der Waals surface area contributed by atoms with Gasteiger partial charge in [0.25, 0.3) is 0 Å². The van der Waals surface area contributed by atoms with Gasteiger partial charge in [-0.15, -0.1) is 0 Å². The Kier molecular flexibility index (Phi) is 2.54. The molecule has 0 amide bonds. The fourth-order valence-electron chi connectivity index (χ4n) is 2.09. The first-order valence-electron chi connectivity index (χ1n) is 5.37. The van der Waals surface area contributed by atoms with Crippen molar-refractivity contribution in [3.8, 4) is 12.1 Å². The Morgan fingerprint density at radius 2 is 2.00 bits per heavy atom. The Hall–Kier alpha value is -2.00. The van der Waals surface area contributed by atoms with E-state index in [1.807, 2.05) is 25.1 Å². The van der Waals surface area contributed by atoms with Crippen LogP contribution in [0.25, 0.3) is 6.08 Å². The zero-order valence-corrected chi connectivity index (χ0v) is 9.49. The summed E-state index contributed by atoms with van der Waals surface area (Å²) in [6, 6.07) is 6.46. The van der Waals surface area contributed by atoms with Gasteiger partial charge in [-0.3, -0.25) is 0 Å². The minimum Gasteiger partial charge on any atom is -0.346 e. The molecule has 1 aromatic rings. The number of aromatic nitrogens is 1. The van der Waals surface area contributed by atoms with Gasteiger partial charge in [0.05, 0.1) is 0 Å². The van der Waals surface area contributed by atoms with E-state index in [4.69, 9.17) is 10.5 Å². The fourth-order valence-corrected chi connectivity index (χ4v) is 2.09. The van der Waals surface area contributed by atoms with Gasteiger partial charge in [0.2, 0.25) is 0 Å². The Bertz CT molecular complexity index is 515. The van der Waals surface area contributed by atoms with Gasteiger partial charge in [-0.1, -0.05) is 0 Å². The number of aryl methyl sites for hydroxylation is 1. The number of hydrogen-bond acceptors (Lipinski definition) is 2. The molecule has 0 radical (unpaired) electrons. The van der Waals surface area contributed by atoms with Crippen molar-refractivity contribution in [2.45, 2.75) is 32.7 Å². The van der Waals surface area contributed by atoms with Crippen molar-refractivity contribution < 1.29 is 0 Å². The van der Waals surface area contributed by atoms with Crippen LogP contribution in [-0.4, -0.2) is 4.57 Å². The number of allylic oxidation sites excluding steroid dienone is 1. The van der Waals surface area contributed by atoms with Crippen molar-refractivity contribution in [1.82, 2.24) is 4.57 Å². The monoisotopic (exact) mass is 211 g/mol. The molecule has 0 atom stereocenters. The summed E-state index contributed by atoms with van der Waals surface area (Å²) in [5.41, 5.74) is 3.52. The number of rotatable bonds is 2. The number of nitrogens with zero attached hydrogens (tertiary/aromatic N) is 3. The summed E-state index contributed by atoms with van der Waals surface area (Å²) in [6.07, 6.45) is 4.15. The maximum Gasteiger partial charge on any atom is 0.130 e. The summed E-state index contributed by atoms with van der Waals surface area (Å²) in [5.74, 6) is 0. The van der Waals surface area contributed by atoms with Gasteiger partial charge in [0, 0.05) is 17.4 Å².